The number of likely N-dealkylation sites (N-methyl/N-ethyl adjacent to an activating group) is 1. The van der Waals surface area contributed by atoms with Gasteiger partial charge in [-0.1, -0.05) is 12.1 Å². The number of aryl methyl sites for hydroxylation is 1. The Hall–Kier alpha value is -3.78. The van der Waals surface area contributed by atoms with Crippen LogP contribution in [0.5, 0.6) is 0 Å². The maximum Gasteiger partial charge on any atom is 0.255 e. The molecule has 2 aromatic heterocycles. The van der Waals surface area contributed by atoms with E-state index in [1.165, 1.54) is 31.2 Å². The molecule has 0 fully saturated rings. The van der Waals surface area contributed by atoms with Crippen LogP contribution in [-0.4, -0.2) is 47.5 Å². The molecule has 37 heavy (non-hydrogen) atoms. The molecular weight excluding hydrogens is 467 g/mol. The molecular formula is C29H35FN6O. The van der Waals surface area contributed by atoms with Crippen molar-refractivity contribution in [3.05, 3.63) is 83.8 Å². The number of nitrogens with one attached hydrogen (secondary N) is 3. The third-order valence-electron chi connectivity index (χ3n) is 6.61. The average molecular weight is 503 g/mol. The van der Waals surface area contributed by atoms with Crippen LogP contribution in [0.1, 0.15) is 47.4 Å². The molecule has 4 rings (SSSR count). The summed E-state index contributed by atoms with van der Waals surface area (Å²) in [6.07, 6.45) is 7.91. The highest BCUT2D eigenvalue weighted by atomic mass is 19.1. The van der Waals surface area contributed by atoms with Crippen molar-refractivity contribution >= 4 is 28.8 Å². The third kappa shape index (κ3) is 6.51. The van der Waals surface area contributed by atoms with E-state index in [2.05, 4.69) is 69.7 Å². The van der Waals surface area contributed by atoms with E-state index in [-0.39, 0.29) is 5.91 Å². The van der Waals surface area contributed by atoms with Crippen LogP contribution in [0.3, 0.4) is 0 Å². The Labute approximate surface area is 218 Å². The number of hydrogen-bond donors (Lipinski definition) is 3. The van der Waals surface area contributed by atoms with E-state index in [0.29, 0.717) is 41.0 Å². The first-order valence-electron chi connectivity index (χ1n) is 12.5. The molecule has 0 saturated carbocycles. The Morgan fingerprint density at radius 1 is 1.14 bits per heavy atom. The first-order valence-corrected chi connectivity index (χ1v) is 12.5. The van der Waals surface area contributed by atoms with E-state index in [9.17, 15) is 9.18 Å². The lowest BCUT2D eigenvalue weighted by molar-refractivity contribution is 0.0958. The SMILES string of the molecule is C=CCNC(=O)c1cnc(Nc2ccc3c(c2)CCC(N(C)C)C3)cc1Nc1ccnc(C(C)(C)F)c1. The molecule has 8 heteroatoms. The summed E-state index contributed by atoms with van der Waals surface area (Å²) < 4.78 is 14.5. The fourth-order valence-electron chi connectivity index (χ4n) is 4.46. The zero-order valence-electron chi connectivity index (χ0n) is 21.9. The number of alkyl halides is 1. The fourth-order valence-corrected chi connectivity index (χ4v) is 4.46. The van der Waals surface area contributed by atoms with Crippen LogP contribution in [0.15, 0.2) is 61.4 Å². The van der Waals surface area contributed by atoms with Crippen LogP contribution in [0.4, 0.5) is 27.3 Å². The van der Waals surface area contributed by atoms with Gasteiger partial charge >= 0.3 is 0 Å². The van der Waals surface area contributed by atoms with E-state index in [1.54, 1.807) is 30.5 Å². The van der Waals surface area contributed by atoms with Crippen molar-refractivity contribution in [2.45, 2.75) is 44.8 Å². The molecule has 0 aliphatic heterocycles. The van der Waals surface area contributed by atoms with Gasteiger partial charge in [0.15, 0.2) is 0 Å². The monoisotopic (exact) mass is 502 g/mol. The molecule has 1 aliphatic carbocycles. The molecule has 0 bridgehead atoms. The van der Waals surface area contributed by atoms with E-state index in [0.717, 1.165) is 24.9 Å². The molecule has 1 amide bonds. The predicted molar refractivity (Wildman–Crippen MR) is 148 cm³/mol. The van der Waals surface area contributed by atoms with Crippen molar-refractivity contribution in [2.75, 3.05) is 31.3 Å². The highest BCUT2D eigenvalue weighted by molar-refractivity contribution is 6.00. The molecule has 7 nitrogen and oxygen atoms in total. The van der Waals surface area contributed by atoms with Crippen molar-refractivity contribution in [1.82, 2.24) is 20.2 Å². The summed E-state index contributed by atoms with van der Waals surface area (Å²) in [5, 5.41) is 9.43. The van der Waals surface area contributed by atoms with Gasteiger partial charge in [0.1, 0.15) is 11.5 Å². The quantitative estimate of drug-likeness (QED) is 0.335. The van der Waals surface area contributed by atoms with Gasteiger partial charge in [-0.3, -0.25) is 9.78 Å². The van der Waals surface area contributed by atoms with Crippen LogP contribution >= 0.6 is 0 Å². The van der Waals surface area contributed by atoms with Crippen molar-refractivity contribution in [3.63, 3.8) is 0 Å². The van der Waals surface area contributed by atoms with Gasteiger partial charge in [0, 0.05) is 42.4 Å². The van der Waals surface area contributed by atoms with Crippen molar-refractivity contribution in [2.24, 2.45) is 0 Å². The topological polar surface area (TPSA) is 82.2 Å². The highest BCUT2D eigenvalue weighted by Gasteiger charge is 2.22. The van der Waals surface area contributed by atoms with Crippen LogP contribution < -0.4 is 16.0 Å². The third-order valence-corrected chi connectivity index (χ3v) is 6.61. The number of nitrogens with zero attached hydrogens (tertiary/aromatic N) is 3. The molecule has 0 saturated heterocycles. The van der Waals surface area contributed by atoms with Gasteiger partial charge in [0.25, 0.3) is 5.91 Å². The van der Waals surface area contributed by atoms with Crippen LogP contribution in [-0.2, 0) is 18.5 Å². The van der Waals surface area contributed by atoms with Gasteiger partial charge in [-0.05, 0) is 82.6 Å². The lowest BCUT2D eigenvalue weighted by atomic mass is 9.87. The molecule has 0 radical (unpaired) electrons. The number of carbonyl (C=O) groups excluding carboxylic acids is 1. The summed E-state index contributed by atoms with van der Waals surface area (Å²) in [5.41, 5.74) is 3.90. The number of hydrogen-bond acceptors (Lipinski definition) is 6. The smallest absolute Gasteiger partial charge is 0.255 e. The second-order valence-corrected chi connectivity index (χ2v) is 10.1. The summed E-state index contributed by atoms with van der Waals surface area (Å²) in [6.45, 7) is 6.90. The van der Waals surface area contributed by atoms with Crippen molar-refractivity contribution < 1.29 is 9.18 Å². The number of carbonyl (C=O) groups is 1. The van der Waals surface area contributed by atoms with Crippen LogP contribution in [0.25, 0.3) is 0 Å². The molecule has 2 heterocycles. The molecule has 1 unspecified atom stereocenters. The lowest BCUT2D eigenvalue weighted by Crippen LogP contribution is -2.33. The van der Waals surface area contributed by atoms with Gasteiger partial charge in [-0.15, -0.1) is 6.58 Å². The number of aromatic nitrogens is 2. The van der Waals surface area contributed by atoms with Crippen LogP contribution in [0, 0.1) is 0 Å². The second-order valence-electron chi connectivity index (χ2n) is 10.1. The molecule has 1 aromatic carbocycles. The van der Waals surface area contributed by atoms with E-state index >= 15 is 0 Å². The number of halogens is 1. The second kappa shape index (κ2) is 11.1. The van der Waals surface area contributed by atoms with Gasteiger partial charge in [-0.25, -0.2) is 9.37 Å². The standard InChI is InChI=1S/C29H35FN6O/c1-6-12-32-28(37)24-18-33-27(17-25(24)34-22-11-13-31-26(16-22)29(2,3)30)35-21-9-7-20-15-23(36(4)5)10-8-19(20)14-21/h6-7,9,11,13-14,16-18,23H,1,8,10,12,15H2,2-5H3,(H,32,37)(H2,31,33,34,35). The molecule has 194 valence electrons. The van der Waals surface area contributed by atoms with Crippen molar-refractivity contribution in [1.29, 1.82) is 0 Å². The average Bonchev–Trinajstić information content (AvgIpc) is 2.86. The highest BCUT2D eigenvalue weighted by Crippen LogP contribution is 2.30. The van der Waals surface area contributed by atoms with Gasteiger partial charge in [0.05, 0.1) is 16.9 Å². The zero-order chi connectivity index (χ0) is 26.6. The van der Waals surface area contributed by atoms with Gasteiger partial charge in [0.2, 0.25) is 0 Å². The zero-order valence-corrected chi connectivity index (χ0v) is 21.9. The summed E-state index contributed by atoms with van der Waals surface area (Å²) in [6, 6.07) is 12.2. The summed E-state index contributed by atoms with van der Waals surface area (Å²) in [4.78, 5) is 23.7. The first-order chi connectivity index (χ1) is 17.6. The lowest BCUT2D eigenvalue weighted by Gasteiger charge is -2.30. The normalized spacial score (nSPS) is 15.1. The Bertz CT molecular complexity index is 1280. The molecule has 1 aliphatic rings. The number of rotatable bonds is 9. The minimum absolute atomic E-state index is 0.286. The Balaban J connectivity index is 1.61. The Morgan fingerprint density at radius 2 is 1.92 bits per heavy atom. The van der Waals surface area contributed by atoms with E-state index in [1.807, 2.05) is 0 Å². The number of benzene rings is 1. The summed E-state index contributed by atoms with van der Waals surface area (Å²) in [7, 11) is 4.27. The number of fused-ring (bicyclic) bond motifs is 1. The molecule has 0 spiro atoms. The molecule has 3 aromatic rings. The predicted octanol–water partition coefficient (Wildman–Crippen LogP) is 5.50. The molecule has 1 atom stereocenters. The van der Waals surface area contributed by atoms with Gasteiger partial charge in [-0.2, -0.15) is 0 Å². The van der Waals surface area contributed by atoms with Crippen LogP contribution in [0.2, 0.25) is 0 Å². The Morgan fingerprint density at radius 3 is 2.65 bits per heavy atom. The first kappa shape index (κ1) is 26.3. The number of pyridine rings is 2. The summed E-state index contributed by atoms with van der Waals surface area (Å²) in [5.74, 6) is 0.301. The van der Waals surface area contributed by atoms with Gasteiger partial charge < -0.3 is 20.9 Å². The van der Waals surface area contributed by atoms with Crippen molar-refractivity contribution in [3.8, 4) is 0 Å². The number of amides is 1. The maximum atomic E-state index is 14.5. The Kier molecular flexibility index (Phi) is 7.88. The van der Waals surface area contributed by atoms with E-state index in [4.69, 9.17) is 0 Å². The van der Waals surface area contributed by atoms with E-state index < -0.39 is 5.67 Å². The fraction of sp³-hybridized carbons (Fsp3) is 0.345. The minimum atomic E-state index is -1.59. The maximum absolute atomic E-state index is 14.5. The molecule has 3 N–H and O–H groups in total. The largest absolute Gasteiger partial charge is 0.355 e. The minimum Gasteiger partial charge on any atom is -0.355 e. The number of anilines is 4. The summed E-state index contributed by atoms with van der Waals surface area (Å²) >= 11 is 0.